The van der Waals surface area contributed by atoms with E-state index >= 15 is 0 Å². The fraction of sp³-hybridized carbons (Fsp3) is 0.300. The minimum absolute atomic E-state index is 0.0420. The third-order valence-electron chi connectivity index (χ3n) is 2.31. The first kappa shape index (κ1) is 13.0. The predicted octanol–water partition coefficient (Wildman–Crippen LogP) is 4.19. The average Bonchev–Trinajstić information content (AvgIpc) is 2.15. The summed E-state index contributed by atoms with van der Waals surface area (Å²) in [5, 5.41) is 0. The maximum absolute atomic E-state index is 11.1. The summed E-state index contributed by atoms with van der Waals surface area (Å²) in [7, 11) is 0. The molecule has 0 bridgehead atoms. The molecule has 0 spiro atoms. The van der Waals surface area contributed by atoms with Crippen molar-refractivity contribution in [2.24, 2.45) is 0 Å². The topological polar surface area (TPSA) is 17.1 Å². The van der Waals surface area contributed by atoms with Crippen LogP contribution in [-0.2, 0) is 0 Å². The third kappa shape index (κ3) is 3.49. The van der Waals surface area contributed by atoms with Crippen LogP contribution in [0.15, 0.2) is 24.3 Å². The largest absolute Gasteiger partial charge is 0.348 e. The van der Waals surface area contributed by atoms with E-state index in [1.165, 1.54) is 6.92 Å². The van der Waals surface area contributed by atoms with E-state index in [1.54, 1.807) is 12.1 Å². The van der Waals surface area contributed by atoms with Crippen LogP contribution < -0.4 is 0 Å². The van der Waals surface area contributed by atoms with Crippen molar-refractivity contribution in [3.05, 3.63) is 35.4 Å². The number of carbonyl (C=O) groups is 1. The number of Topliss-reactive ketones (excluding diaryl/α,β-unsaturated/α-hetero) is 1. The Kier molecular flexibility index (Phi) is 4.24. The van der Waals surface area contributed by atoms with Crippen LogP contribution in [-0.4, -0.2) is 11.8 Å². The van der Waals surface area contributed by atoms with Crippen LogP contribution in [0, 0.1) is 0 Å². The molecule has 0 amide bonds. The summed E-state index contributed by atoms with van der Waals surface area (Å²) in [6, 6.07) is 4.50. The SMILES string of the molecule is CC(=O)c1ccc(C(C)[Si](Cl)(Cl)Cl)cc1. The molecule has 1 atom stereocenters. The van der Waals surface area contributed by atoms with Gasteiger partial charge in [0.2, 0.25) is 0 Å². The van der Waals surface area contributed by atoms with Gasteiger partial charge in [0, 0.05) is 11.1 Å². The molecule has 1 nitrogen and oxygen atoms in total. The summed E-state index contributed by atoms with van der Waals surface area (Å²) in [6.45, 7) is 3.42. The molecule has 0 fully saturated rings. The van der Waals surface area contributed by atoms with E-state index in [0.29, 0.717) is 5.56 Å². The summed E-state index contributed by atoms with van der Waals surface area (Å²) in [4.78, 5) is 11.1. The Labute approximate surface area is 104 Å². The highest BCUT2D eigenvalue weighted by Gasteiger charge is 2.34. The predicted molar refractivity (Wildman–Crippen MR) is 68.2 cm³/mol. The van der Waals surface area contributed by atoms with Gasteiger partial charge in [-0.05, 0) is 12.5 Å². The summed E-state index contributed by atoms with van der Waals surface area (Å²) in [5.41, 5.74) is 1.58. The zero-order valence-corrected chi connectivity index (χ0v) is 11.7. The zero-order valence-electron chi connectivity index (χ0n) is 8.43. The first-order valence-electron chi connectivity index (χ1n) is 4.50. The molecule has 1 unspecified atom stereocenters. The van der Waals surface area contributed by atoms with E-state index < -0.39 is 6.00 Å². The van der Waals surface area contributed by atoms with E-state index in [9.17, 15) is 4.79 Å². The van der Waals surface area contributed by atoms with Crippen LogP contribution in [0.5, 0.6) is 0 Å². The normalized spacial score (nSPS) is 13.7. The quantitative estimate of drug-likeness (QED) is 0.461. The highest BCUT2D eigenvalue weighted by molar-refractivity contribution is 7.65. The highest BCUT2D eigenvalue weighted by Crippen LogP contribution is 2.36. The molecule has 0 aliphatic carbocycles. The Morgan fingerprint density at radius 2 is 1.67 bits per heavy atom. The molecule has 0 radical (unpaired) electrons. The van der Waals surface area contributed by atoms with Crippen molar-refractivity contribution in [3.8, 4) is 0 Å². The standard InChI is InChI=1S/C10H11Cl3OSi/c1-7(14)9-3-5-10(6-4-9)8(2)15(11,12)13/h3-6,8H,1-2H3. The van der Waals surface area contributed by atoms with Crippen LogP contribution in [0.2, 0.25) is 0 Å². The molecule has 5 heteroatoms. The molecule has 1 rings (SSSR count). The molecule has 0 aliphatic rings. The van der Waals surface area contributed by atoms with Crippen molar-refractivity contribution in [2.75, 3.05) is 0 Å². The van der Waals surface area contributed by atoms with E-state index in [-0.39, 0.29) is 11.3 Å². The lowest BCUT2D eigenvalue weighted by atomic mass is 10.1. The average molecular weight is 282 g/mol. The molecule has 0 saturated carbocycles. The van der Waals surface area contributed by atoms with E-state index in [4.69, 9.17) is 33.2 Å². The van der Waals surface area contributed by atoms with Gasteiger partial charge in [0.05, 0.1) is 0 Å². The lowest BCUT2D eigenvalue weighted by Crippen LogP contribution is -2.20. The molecule has 0 aromatic heterocycles. The van der Waals surface area contributed by atoms with Gasteiger partial charge in [-0.2, -0.15) is 0 Å². The molecule has 0 saturated heterocycles. The van der Waals surface area contributed by atoms with Gasteiger partial charge in [0.1, 0.15) is 0 Å². The molecule has 0 heterocycles. The van der Waals surface area contributed by atoms with E-state index in [0.717, 1.165) is 5.56 Å². The molecule has 1 aromatic carbocycles. The number of benzene rings is 1. The van der Waals surface area contributed by atoms with Crippen molar-refractivity contribution in [2.45, 2.75) is 19.4 Å². The minimum Gasteiger partial charge on any atom is -0.295 e. The van der Waals surface area contributed by atoms with Gasteiger partial charge in [0.25, 0.3) is 0 Å². The maximum Gasteiger partial charge on any atom is 0.348 e. The van der Waals surface area contributed by atoms with Gasteiger partial charge < -0.3 is 0 Å². The zero-order chi connectivity index (χ0) is 11.6. The van der Waals surface area contributed by atoms with Crippen LogP contribution >= 0.6 is 33.2 Å². The summed E-state index contributed by atoms with van der Waals surface area (Å²) in [6.07, 6.45) is 0. The Morgan fingerprint density at radius 1 is 1.20 bits per heavy atom. The summed E-state index contributed by atoms with van der Waals surface area (Å²) >= 11 is 17.8. The lowest BCUT2D eigenvalue weighted by molar-refractivity contribution is 0.101. The van der Waals surface area contributed by atoms with Crippen molar-refractivity contribution >= 4 is 45.0 Å². The number of halogens is 3. The van der Waals surface area contributed by atoms with Crippen molar-refractivity contribution < 1.29 is 4.79 Å². The molecule has 0 aliphatic heterocycles. The molecule has 15 heavy (non-hydrogen) atoms. The number of hydrogen-bond donors (Lipinski definition) is 0. The fourth-order valence-corrected chi connectivity index (χ4v) is 2.90. The second-order valence-electron chi connectivity index (χ2n) is 3.44. The van der Waals surface area contributed by atoms with Crippen LogP contribution in [0.3, 0.4) is 0 Å². The van der Waals surface area contributed by atoms with Crippen LogP contribution in [0.1, 0.15) is 35.3 Å². The maximum atomic E-state index is 11.1. The third-order valence-corrected chi connectivity index (χ3v) is 6.57. The molecular weight excluding hydrogens is 271 g/mol. The number of ketones is 1. The summed E-state index contributed by atoms with van der Waals surface area (Å²) < 4.78 is 0. The second kappa shape index (κ2) is 4.87. The van der Waals surface area contributed by atoms with E-state index in [2.05, 4.69) is 0 Å². The molecule has 82 valence electrons. The lowest BCUT2D eigenvalue weighted by Gasteiger charge is -2.17. The van der Waals surface area contributed by atoms with Crippen LogP contribution in [0.4, 0.5) is 0 Å². The Morgan fingerprint density at radius 3 is 2.00 bits per heavy atom. The fourth-order valence-electron chi connectivity index (χ4n) is 1.20. The molecular formula is C10H11Cl3OSi. The molecule has 0 N–H and O–H groups in total. The first-order valence-corrected chi connectivity index (χ1v) is 9.61. The van der Waals surface area contributed by atoms with Gasteiger partial charge in [-0.15, -0.1) is 33.2 Å². The van der Waals surface area contributed by atoms with Gasteiger partial charge >= 0.3 is 6.00 Å². The van der Waals surface area contributed by atoms with Gasteiger partial charge in [-0.1, -0.05) is 31.2 Å². The van der Waals surface area contributed by atoms with Gasteiger partial charge in [-0.25, -0.2) is 0 Å². The number of hydrogen-bond acceptors (Lipinski definition) is 1. The molecule has 1 aromatic rings. The van der Waals surface area contributed by atoms with Crippen molar-refractivity contribution in [1.29, 1.82) is 0 Å². The van der Waals surface area contributed by atoms with E-state index in [1.807, 2.05) is 19.1 Å². The Balaban J connectivity index is 2.94. The van der Waals surface area contributed by atoms with Gasteiger partial charge in [-0.3, -0.25) is 4.79 Å². The number of carbonyl (C=O) groups excluding carboxylic acids is 1. The van der Waals surface area contributed by atoms with Crippen LogP contribution in [0.25, 0.3) is 0 Å². The summed E-state index contributed by atoms with van der Waals surface area (Å²) in [5.74, 6) is 0.0420. The van der Waals surface area contributed by atoms with Gasteiger partial charge in [0.15, 0.2) is 5.78 Å². The van der Waals surface area contributed by atoms with Crippen molar-refractivity contribution in [1.82, 2.24) is 0 Å². The number of rotatable bonds is 3. The highest BCUT2D eigenvalue weighted by atomic mass is 35.8. The minimum atomic E-state index is -2.71. The van der Waals surface area contributed by atoms with Crippen molar-refractivity contribution in [3.63, 3.8) is 0 Å². The smallest absolute Gasteiger partial charge is 0.295 e. The Hall–Kier alpha value is -0.0231. The Bertz CT molecular complexity index is 356. The first-order chi connectivity index (χ1) is 6.82. The second-order valence-corrected chi connectivity index (χ2v) is 12.5. The monoisotopic (exact) mass is 280 g/mol.